The summed E-state index contributed by atoms with van der Waals surface area (Å²) >= 11 is 0. The Hall–Kier alpha value is -4.39. The molecule has 7 nitrogen and oxygen atoms in total. The molecule has 1 aliphatic heterocycles. The highest BCUT2D eigenvalue weighted by molar-refractivity contribution is 5.92. The third-order valence-electron chi connectivity index (χ3n) is 6.38. The van der Waals surface area contributed by atoms with Crippen LogP contribution in [0.2, 0.25) is 0 Å². The molecular weight excluding hydrogens is 454 g/mol. The van der Waals surface area contributed by atoms with Crippen LogP contribution in [0.15, 0.2) is 85.1 Å². The molecule has 5 rings (SSSR count). The predicted octanol–water partition coefficient (Wildman–Crippen LogP) is 6.03. The smallest absolute Gasteiger partial charge is 0.323 e. The van der Waals surface area contributed by atoms with Gasteiger partial charge in [-0.25, -0.2) is 4.79 Å². The molecule has 7 heteroatoms. The Balaban J connectivity index is 1.60. The van der Waals surface area contributed by atoms with Gasteiger partial charge in [0.15, 0.2) is 0 Å². The number of hydrogen-bond acceptors (Lipinski definition) is 4. The van der Waals surface area contributed by atoms with Crippen molar-refractivity contribution in [1.82, 2.24) is 9.47 Å². The highest BCUT2D eigenvalue weighted by Gasteiger charge is 2.33. The minimum atomic E-state index is -0.334. The first kappa shape index (κ1) is 23.4. The molecule has 36 heavy (non-hydrogen) atoms. The number of fused-ring (bicyclic) bond motifs is 3. The number of rotatable bonds is 6. The lowest BCUT2D eigenvalue weighted by Crippen LogP contribution is -2.38. The van der Waals surface area contributed by atoms with Crippen molar-refractivity contribution < 1.29 is 19.0 Å². The minimum Gasteiger partial charge on any atom is -0.497 e. The van der Waals surface area contributed by atoms with Gasteiger partial charge in [0.1, 0.15) is 17.2 Å². The molecule has 0 bridgehead atoms. The summed E-state index contributed by atoms with van der Waals surface area (Å²) in [6, 6.07) is 24.9. The topological polar surface area (TPSA) is 65.0 Å². The van der Waals surface area contributed by atoms with E-state index in [1.165, 1.54) is 0 Å². The third-order valence-corrected chi connectivity index (χ3v) is 6.38. The molecule has 0 radical (unpaired) electrons. The Morgan fingerprint density at radius 1 is 0.944 bits per heavy atom. The maximum atomic E-state index is 14.0. The summed E-state index contributed by atoms with van der Waals surface area (Å²) in [6.45, 7) is 2.98. The first-order chi connectivity index (χ1) is 17.6. The van der Waals surface area contributed by atoms with Gasteiger partial charge in [-0.3, -0.25) is 0 Å². The number of carbonyl (C=O) groups excluding carboxylic acids is 1. The van der Waals surface area contributed by atoms with E-state index in [0.29, 0.717) is 30.3 Å². The average Bonchev–Trinajstić information content (AvgIpc) is 3.33. The number of urea groups is 1. The molecule has 0 aliphatic carbocycles. The zero-order valence-electron chi connectivity index (χ0n) is 20.6. The van der Waals surface area contributed by atoms with Crippen molar-refractivity contribution in [3.63, 3.8) is 0 Å². The van der Waals surface area contributed by atoms with Crippen LogP contribution >= 0.6 is 0 Å². The van der Waals surface area contributed by atoms with Crippen LogP contribution in [0.5, 0.6) is 17.2 Å². The van der Waals surface area contributed by atoms with Crippen LogP contribution in [0.3, 0.4) is 0 Å². The van der Waals surface area contributed by atoms with E-state index >= 15 is 0 Å². The maximum absolute atomic E-state index is 14.0. The number of benzene rings is 3. The van der Waals surface area contributed by atoms with E-state index in [1.807, 2.05) is 60.5 Å². The van der Waals surface area contributed by atoms with Gasteiger partial charge in [-0.1, -0.05) is 30.3 Å². The lowest BCUT2D eigenvalue weighted by atomic mass is 10.0. The van der Waals surface area contributed by atoms with Gasteiger partial charge in [0.2, 0.25) is 0 Å². The lowest BCUT2D eigenvalue weighted by molar-refractivity contribution is 0.194. The van der Waals surface area contributed by atoms with E-state index in [2.05, 4.69) is 28.1 Å². The van der Waals surface area contributed by atoms with Gasteiger partial charge in [0.25, 0.3) is 0 Å². The van der Waals surface area contributed by atoms with Gasteiger partial charge in [-0.05, 0) is 60.5 Å². The van der Waals surface area contributed by atoms with Crippen molar-refractivity contribution in [2.45, 2.75) is 19.5 Å². The second-order valence-corrected chi connectivity index (χ2v) is 8.46. The van der Waals surface area contributed by atoms with Crippen LogP contribution in [-0.2, 0) is 6.54 Å². The second-order valence-electron chi connectivity index (χ2n) is 8.46. The lowest BCUT2D eigenvalue weighted by Gasteiger charge is -2.31. The average molecular weight is 484 g/mol. The zero-order valence-corrected chi connectivity index (χ0v) is 20.6. The monoisotopic (exact) mass is 483 g/mol. The first-order valence-electron chi connectivity index (χ1n) is 11.9. The fourth-order valence-electron chi connectivity index (χ4n) is 4.70. The van der Waals surface area contributed by atoms with Crippen LogP contribution in [0, 0.1) is 0 Å². The first-order valence-corrected chi connectivity index (χ1v) is 11.9. The number of methoxy groups -OCH3 is 2. The van der Waals surface area contributed by atoms with Crippen molar-refractivity contribution >= 4 is 11.7 Å². The third kappa shape index (κ3) is 4.35. The molecule has 2 amide bonds. The quantitative estimate of drug-likeness (QED) is 0.364. The van der Waals surface area contributed by atoms with E-state index in [4.69, 9.17) is 14.2 Å². The molecule has 0 saturated carbocycles. The highest BCUT2D eigenvalue weighted by Crippen LogP contribution is 2.38. The summed E-state index contributed by atoms with van der Waals surface area (Å²) in [4.78, 5) is 15.8. The van der Waals surface area contributed by atoms with Gasteiger partial charge in [-0.15, -0.1) is 0 Å². The molecular formula is C29H29N3O4. The summed E-state index contributed by atoms with van der Waals surface area (Å²) in [5, 5.41) is 3.07. The molecule has 184 valence electrons. The number of amides is 2. The molecule has 1 aromatic heterocycles. The molecule has 4 aromatic rings. The Kier molecular flexibility index (Phi) is 6.54. The van der Waals surface area contributed by atoms with Crippen LogP contribution in [0.25, 0.3) is 5.69 Å². The van der Waals surface area contributed by atoms with Gasteiger partial charge in [-0.2, -0.15) is 0 Å². The van der Waals surface area contributed by atoms with E-state index in [9.17, 15) is 4.79 Å². The van der Waals surface area contributed by atoms with E-state index < -0.39 is 0 Å². The van der Waals surface area contributed by atoms with Gasteiger partial charge in [0.05, 0.1) is 44.8 Å². The zero-order chi connectivity index (χ0) is 25.1. The second kappa shape index (κ2) is 10.1. The summed E-state index contributed by atoms with van der Waals surface area (Å²) < 4.78 is 18.7. The van der Waals surface area contributed by atoms with Crippen LogP contribution in [0.1, 0.15) is 29.8 Å². The standard InChI is InChI=1S/C29H29N3O4/c1-4-36-22-13-11-20(12-14-22)28-26-10-7-17-31(26)25-9-6-5-8-21(25)19-32(28)29(33)30-24-18-23(34-2)15-16-27(24)35-3/h5-18,28H,4,19H2,1-3H3,(H,30,33)/t28-/m0/s1. The van der Waals surface area contributed by atoms with E-state index in [-0.39, 0.29) is 12.1 Å². The van der Waals surface area contributed by atoms with Crippen molar-refractivity contribution in [2.75, 3.05) is 26.1 Å². The maximum Gasteiger partial charge on any atom is 0.323 e. The molecule has 1 aliphatic rings. The Morgan fingerprint density at radius 3 is 2.47 bits per heavy atom. The SMILES string of the molecule is CCOc1ccc([C@H]2c3cccn3-c3ccccc3CN2C(=O)Nc2cc(OC)ccc2OC)cc1. The molecule has 0 unspecified atom stereocenters. The molecule has 0 spiro atoms. The minimum absolute atomic E-state index is 0.245. The van der Waals surface area contributed by atoms with Gasteiger partial charge in [0, 0.05) is 18.0 Å². The number of ether oxygens (including phenoxy) is 3. The Labute approximate surface area is 210 Å². The number of hydrogen-bond donors (Lipinski definition) is 1. The number of anilines is 1. The molecule has 1 N–H and O–H groups in total. The van der Waals surface area contributed by atoms with Crippen molar-refractivity contribution in [3.8, 4) is 22.9 Å². The number of carbonyl (C=O) groups is 1. The fraction of sp³-hybridized carbons (Fsp3) is 0.207. The van der Waals surface area contributed by atoms with Crippen molar-refractivity contribution in [1.29, 1.82) is 0 Å². The largest absolute Gasteiger partial charge is 0.497 e. The van der Waals surface area contributed by atoms with Crippen molar-refractivity contribution in [2.24, 2.45) is 0 Å². The number of nitrogens with zero attached hydrogens (tertiary/aromatic N) is 2. The predicted molar refractivity (Wildman–Crippen MR) is 139 cm³/mol. The molecule has 2 heterocycles. The molecule has 0 fully saturated rings. The van der Waals surface area contributed by atoms with Crippen molar-refractivity contribution in [3.05, 3.63) is 102 Å². The molecule has 0 saturated heterocycles. The summed E-state index contributed by atoms with van der Waals surface area (Å²) in [7, 11) is 3.17. The number of nitrogens with one attached hydrogen (secondary N) is 1. The fourth-order valence-corrected chi connectivity index (χ4v) is 4.70. The number of aromatic nitrogens is 1. The van der Waals surface area contributed by atoms with Gasteiger partial charge < -0.3 is 29.0 Å². The van der Waals surface area contributed by atoms with Gasteiger partial charge >= 0.3 is 6.03 Å². The normalized spacial score (nSPS) is 14.3. The van der Waals surface area contributed by atoms with Crippen LogP contribution in [0.4, 0.5) is 10.5 Å². The highest BCUT2D eigenvalue weighted by atomic mass is 16.5. The Morgan fingerprint density at radius 2 is 1.72 bits per heavy atom. The summed E-state index contributed by atoms with van der Waals surface area (Å²) in [6.07, 6.45) is 2.04. The molecule has 1 atom stereocenters. The van der Waals surface area contributed by atoms with Crippen LogP contribution < -0.4 is 19.5 Å². The Bertz CT molecular complexity index is 1360. The number of para-hydroxylation sites is 1. The van der Waals surface area contributed by atoms with E-state index in [0.717, 1.165) is 28.3 Å². The van der Waals surface area contributed by atoms with Crippen LogP contribution in [-0.4, -0.2) is 36.3 Å². The van der Waals surface area contributed by atoms with E-state index in [1.54, 1.807) is 32.4 Å². The summed E-state index contributed by atoms with van der Waals surface area (Å²) in [5.41, 5.74) is 4.63. The summed E-state index contributed by atoms with van der Waals surface area (Å²) in [5.74, 6) is 1.98. The molecule has 3 aromatic carbocycles.